The van der Waals surface area contributed by atoms with Gasteiger partial charge in [-0.2, -0.15) is 0 Å². The van der Waals surface area contributed by atoms with Crippen LogP contribution in [0.4, 0.5) is 4.39 Å². The summed E-state index contributed by atoms with van der Waals surface area (Å²) in [4.78, 5) is 27.3. The normalized spacial score (nSPS) is 10.9. The van der Waals surface area contributed by atoms with Crippen molar-refractivity contribution in [1.82, 2.24) is 9.55 Å². The fourth-order valence-electron chi connectivity index (χ4n) is 2.24. The summed E-state index contributed by atoms with van der Waals surface area (Å²) in [6.07, 6.45) is 2.14. The van der Waals surface area contributed by atoms with Crippen LogP contribution >= 0.6 is 23.2 Å². The van der Waals surface area contributed by atoms with Crippen LogP contribution in [0.25, 0.3) is 16.6 Å². The summed E-state index contributed by atoms with van der Waals surface area (Å²) in [6.45, 7) is 0. The fourth-order valence-corrected chi connectivity index (χ4v) is 2.62. The Hall–Kier alpha value is -2.44. The maximum atomic E-state index is 14.1. The first-order valence-electron chi connectivity index (χ1n) is 6.29. The number of aromatic carboxylic acids is 1. The third-order valence-corrected chi connectivity index (χ3v) is 4.02. The second-order valence-corrected chi connectivity index (χ2v) is 5.36. The highest BCUT2D eigenvalue weighted by molar-refractivity contribution is 6.44. The Morgan fingerprint density at radius 2 is 1.96 bits per heavy atom. The number of benzene rings is 1. The van der Waals surface area contributed by atoms with Crippen molar-refractivity contribution in [3.63, 3.8) is 0 Å². The molecule has 0 atom stereocenters. The van der Waals surface area contributed by atoms with Crippen LogP contribution in [0.3, 0.4) is 0 Å². The maximum absolute atomic E-state index is 14.1. The average Bonchev–Trinajstić information content (AvgIpc) is 2.52. The van der Waals surface area contributed by atoms with Crippen LogP contribution in [-0.4, -0.2) is 20.6 Å². The third kappa shape index (κ3) is 2.46. The molecule has 0 aliphatic heterocycles. The van der Waals surface area contributed by atoms with Crippen molar-refractivity contribution in [2.24, 2.45) is 0 Å². The van der Waals surface area contributed by atoms with Crippen LogP contribution in [0.2, 0.25) is 10.2 Å². The van der Waals surface area contributed by atoms with E-state index < -0.39 is 22.8 Å². The number of carbonyl (C=O) groups is 1. The number of halogens is 3. The molecule has 0 aliphatic carbocycles. The van der Waals surface area contributed by atoms with Gasteiger partial charge in [-0.05, 0) is 12.1 Å². The predicted molar refractivity (Wildman–Crippen MR) is 84.3 cm³/mol. The van der Waals surface area contributed by atoms with Crippen LogP contribution in [0.5, 0.6) is 0 Å². The molecule has 0 saturated carbocycles. The van der Waals surface area contributed by atoms with E-state index in [0.29, 0.717) is 0 Å². The molecule has 1 N–H and O–H groups in total. The molecule has 5 nitrogen and oxygen atoms in total. The molecule has 8 heteroatoms. The van der Waals surface area contributed by atoms with Crippen LogP contribution < -0.4 is 5.43 Å². The lowest BCUT2D eigenvalue weighted by Crippen LogP contribution is -2.19. The van der Waals surface area contributed by atoms with Crippen LogP contribution in [0.1, 0.15) is 10.4 Å². The number of hydrogen-bond donors (Lipinski definition) is 1. The first-order valence-corrected chi connectivity index (χ1v) is 7.05. The van der Waals surface area contributed by atoms with E-state index in [1.165, 1.54) is 22.8 Å². The summed E-state index contributed by atoms with van der Waals surface area (Å²) in [5.74, 6) is -2.05. The van der Waals surface area contributed by atoms with E-state index >= 15 is 0 Å². The lowest BCUT2D eigenvalue weighted by atomic mass is 10.1. The standard InChI is InChI=1S/C15H7Cl2FN2O3/c16-11-12-7(5-19-14(11)17)13(21)8(15(22)23)6-20(12)10-4-2-1-3-9(10)18/h1-6H,(H,22,23). The SMILES string of the molecule is O=C(O)c1cn(-c2ccccc2F)c2c(Cl)c(Cl)ncc2c1=O. The largest absolute Gasteiger partial charge is 0.477 e. The quantitative estimate of drug-likeness (QED) is 0.716. The van der Waals surface area contributed by atoms with Crippen LogP contribution in [0.15, 0.2) is 41.5 Å². The predicted octanol–water partition coefficient (Wildman–Crippen LogP) is 3.53. The van der Waals surface area contributed by atoms with Gasteiger partial charge in [0.15, 0.2) is 0 Å². The second-order valence-electron chi connectivity index (χ2n) is 4.62. The molecule has 0 unspecified atom stereocenters. The van der Waals surface area contributed by atoms with Gasteiger partial charge in [0, 0.05) is 12.4 Å². The van der Waals surface area contributed by atoms with E-state index in [2.05, 4.69) is 4.98 Å². The van der Waals surface area contributed by atoms with E-state index in [0.717, 1.165) is 12.4 Å². The first-order chi connectivity index (χ1) is 10.9. The Labute approximate surface area is 138 Å². The van der Waals surface area contributed by atoms with Crippen molar-refractivity contribution in [3.05, 3.63) is 68.4 Å². The summed E-state index contributed by atoms with van der Waals surface area (Å²) in [6, 6.07) is 5.68. The minimum atomic E-state index is -1.44. The molecule has 0 radical (unpaired) electrons. The molecular formula is C15H7Cl2FN2O3. The Bertz CT molecular complexity index is 1020. The average molecular weight is 353 g/mol. The fraction of sp³-hybridized carbons (Fsp3) is 0. The van der Waals surface area contributed by atoms with Gasteiger partial charge in [0.25, 0.3) is 0 Å². The van der Waals surface area contributed by atoms with Gasteiger partial charge in [0.1, 0.15) is 21.6 Å². The highest BCUT2D eigenvalue weighted by atomic mass is 35.5. The molecular weight excluding hydrogens is 346 g/mol. The van der Waals surface area contributed by atoms with Crippen molar-refractivity contribution in [2.75, 3.05) is 0 Å². The first kappa shape index (κ1) is 15.5. The summed E-state index contributed by atoms with van der Waals surface area (Å²) < 4.78 is 15.3. The number of para-hydroxylation sites is 1. The molecule has 23 heavy (non-hydrogen) atoms. The minimum absolute atomic E-state index is 0.0316. The smallest absolute Gasteiger partial charge is 0.341 e. The van der Waals surface area contributed by atoms with Crippen molar-refractivity contribution in [3.8, 4) is 5.69 Å². The van der Waals surface area contributed by atoms with E-state index in [4.69, 9.17) is 23.2 Å². The Kier molecular flexibility index (Phi) is 3.79. The lowest BCUT2D eigenvalue weighted by Gasteiger charge is -2.14. The zero-order valence-corrected chi connectivity index (χ0v) is 12.8. The van der Waals surface area contributed by atoms with Gasteiger partial charge in [-0.3, -0.25) is 4.79 Å². The summed E-state index contributed by atoms with van der Waals surface area (Å²) in [7, 11) is 0. The molecule has 0 aliphatic rings. The van der Waals surface area contributed by atoms with Gasteiger partial charge in [0.2, 0.25) is 5.43 Å². The van der Waals surface area contributed by atoms with Gasteiger partial charge in [-0.25, -0.2) is 14.2 Å². The van der Waals surface area contributed by atoms with Gasteiger partial charge < -0.3 is 9.67 Å². The Morgan fingerprint density at radius 1 is 1.26 bits per heavy atom. The lowest BCUT2D eigenvalue weighted by molar-refractivity contribution is 0.0695. The summed E-state index contributed by atoms with van der Waals surface area (Å²) >= 11 is 12.0. The zero-order valence-electron chi connectivity index (χ0n) is 11.3. The van der Waals surface area contributed by atoms with Crippen molar-refractivity contribution in [2.45, 2.75) is 0 Å². The van der Waals surface area contributed by atoms with Gasteiger partial charge in [-0.15, -0.1) is 0 Å². The van der Waals surface area contributed by atoms with E-state index in [9.17, 15) is 19.1 Å². The van der Waals surface area contributed by atoms with Crippen molar-refractivity contribution in [1.29, 1.82) is 0 Å². The number of nitrogens with zero attached hydrogens (tertiary/aromatic N) is 2. The molecule has 0 fully saturated rings. The van der Waals surface area contributed by atoms with E-state index in [-0.39, 0.29) is 26.8 Å². The molecule has 2 heterocycles. The van der Waals surface area contributed by atoms with Crippen LogP contribution in [0, 0.1) is 5.82 Å². The van der Waals surface area contributed by atoms with E-state index in [1.807, 2.05) is 0 Å². The van der Waals surface area contributed by atoms with Gasteiger partial charge >= 0.3 is 5.97 Å². The number of fused-ring (bicyclic) bond motifs is 1. The Balaban J connectivity index is 2.57. The monoisotopic (exact) mass is 352 g/mol. The molecule has 116 valence electrons. The summed E-state index contributed by atoms with van der Waals surface area (Å²) in [5.41, 5.74) is -1.18. The number of carboxylic acids is 1. The number of rotatable bonds is 2. The molecule has 0 spiro atoms. The molecule has 0 saturated heterocycles. The molecule has 3 aromatic rings. The van der Waals surface area contributed by atoms with Crippen molar-refractivity contribution < 1.29 is 14.3 Å². The highest BCUT2D eigenvalue weighted by Crippen LogP contribution is 2.30. The molecule has 1 aromatic carbocycles. The summed E-state index contributed by atoms with van der Waals surface area (Å²) in [5, 5.41) is 8.99. The second kappa shape index (κ2) is 5.64. The molecule has 0 amide bonds. The Morgan fingerprint density at radius 3 is 2.61 bits per heavy atom. The topological polar surface area (TPSA) is 72.2 Å². The van der Waals surface area contributed by atoms with Gasteiger partial charge in [-0.1, -0.05) is 35.3 Å². The van der Waals surface area contributed by atoms with Crippen molar-refractivity contribution >= 4 is 40.1 Å². The molecule has 0 bridgehead atoms. The molecule has 2 aromatic heterocycles. The number of carboxylic acid groups (broad SMARTS) is 1. The minimum Gasteiger partial charge on any atom is -0.477 e. The van der Waals surface area contributed by atoms with Gasteiger partial charge in [0.05, 0.1) is 16.6 Å². The van der Waals surface area contributed by atoms with E-state index in [1.54, 1.807) is 6.07 Å². The number of hydrogen-bond acceptors (Lipinski definition) is 3. The van der Waals surface area contributed by atoms with Crippen LogP contribution in [-0.2, 0) is 0 Å². The zero-order chi connectivity index (χ0) is 16.7. The number of pyridine rings is 2. The maximum Gasteiger partial charge on any atom is 0.341 e. The molecule has 3 rings (SSSR count). The third-order valence-electron chi connectivity index (χ3n) is 3.28. The number of aromatic nitrogens is 2. The highest BCUT2D eigenvalue weighted by Gasteiger charge is 2.20.